The van der Waals surface area contributed by atoms with Gasteiger partial charge in [-0.05, 0) is 31.7 Å². The molecule has 0 amide bonds. The molecule has 1 aromatic heterocycles. The lowest BCUT2D eigenvalue weighted by molar-refractivity contribution is -0.733. The largest absolute Gasteiger partial charge is 0.323 e. The van der Waals surface area contributed by atoms with Crippen LogP contribution in [0.3, 0.4) is 0 Å². The second-order valence-corrected chi connectivity index (χ2v) is 4.20. The van der Waals surface area contributed by atoms with Crippen LogP contribution in [-0.2, 0) is 24.3 Å². The molecule has 0 unspecified atom stereocenters. The molecule has 0 spiro atoms. The minimum absolute atomic E-state index is 0.672. The molecule has 0 N–H and O–H groups in total. The first-order valence-corrected chi connectivity index (χ1v) is 6.32. The van der Waals surface area contributed by atoms with E-state index in [9.17, 15) is 0 Å². The molecule has 0 saturated carbocycles. The van der Waals surface area contributed by atoms with Crippen molar-refractivity contribution in [3.05, 3.63) is 29.1 Å². The Morgan fingerprint density at radius 2 is 1.88 bits per heavy atom. The van der Waals surface area contributed by atoms with E-state index in [1.54, 1.807) is 0 Å². The normalized spacial score (nSPS) is 10.8. The van der Waals surface area contributed by atoms with Crippen LogP contribution in [0.1, 0.15) is 43.9 Å². The van der Waals surface area contributed by atoms with Crippen molar-refractivity contribution in [2.75, 3.05) is 6.61 Å². The van der Waals surface area contributed by atoms with Gasteiger partial charge in [-0.3, -0.25) is 0 Å². The summed E-state index contributed by atoms with van der Waals surface area (Å²) in [5, 5.41) is 0. The summed E-state index contributed by atoms with van der Waals surface area (Å²) in [6, 6.07) is 0. The second kappa shape index (κ2) is 6.64. The summed E-state index contributed by atoms with van der Waals surface area (Å²) in [7, 11) is 0. The summed E-state index contributed by atoms with van der Waals surface area (Å²) in [5.41, 5.74) is 4.32. The summed E-state index contributed by atoms with van der Waals surface area (Å²) in [5.74, 6) is 0. The number of ether oxygens (including phenoxy) is 1. The van der Waals surface area contributed by atoms with Gasteiger partial charge < -0.3 is 4.74 Å². The Bertz CT molecular complexity index is 334. The molecular weight excluding hydrogens is 198 g/mol. The van der Waals surface area contributed by atoms with E-state index in [0.717, 1.165) is 25.9 Å². The lowest BCUT2D eigenvalue weighted by Gasteiger charge is -2.08. The Labute approximate surface area is 99.3 Å². The van der Waals surface area contributed by atoms with Crippen molar-refractivity contribution >= 4 is 0 Å². The van der Waals surface area contributed by atoms with Crippen LogP contribution in [0.2, 0.25) is 0 Å². The van der Waals surface area contributed by atoms with Crippen LogP contribution in [-0.4, -0.2) is 6.61 Å². The minimum atomic E-state index is 0.672. The van der Waals surface area contributed by atoms with Crippen molar-refractivity contribution < 1.29 is 9.30 Å². The molecule has 1 rings (SSSR count). The van der Waals surface area contributed by atoms with E-state index in [0.29, 0.717) is 6.73 Å². The molecule has 2 nitrogen and oxygen atoms in total. The minimum Gasteiger partial charge on any atom is -0.323 e. The van der Waals surface area contributed by atoms with Crippen LogP contribution >= 0.6 is 0 Å². The average Bonchev–Trinajstić information content (AvgIpc) is 2.28. The van der Waals surface area contributed by atoms with Gasteiger partial charge in [-0.15, -0.1) is 0 Å². The lowest BCUT2D eigenvalue weighted by Crippen LogP contribution is -2.36. The van der Waals surface area contributed by atoms with Crippen molar-refractivity contribution in [2.24, 2.45) is 0 Å². The van der Waals surface area contributed by atoms with E-state index in [1.165, 1.54) is 16.7 Å². The van der Waals surface area contributed by atoms with Crippen LogP contribution in [0.25, 0.3) is 0 Å². The molecule has 1 aromatic rings. The molecule has 1 heterocycles. The maximum absolute atomic E-state index is 5.56. The molecule has 90 valence electrons. The molecule has 0 bridgehead atoms. The molecule has 0 aliphatic carbocycles. The standard InChI is InChI=1S/C14H24NO/c1-5-8-16-11-15-9-12(4)14(7-3)13(6-2)10-15/h9-10H,5-8,11H2,1-4H3/q+1. The highest BCUT2D eigenvalue weighted by Gasteiger charge is 2.10. The predicted molar refractivity (Wildman–Crippen MR) is 66.4 cm³/mol. The Hall–Kier alpha value is -0.890. The second-order valence-electron chi connectivity index (χ2n) is 4.20. The monoisotopic (exact) mass is 222 g/mol. The van der Waals surface area contributed by atoms with E-state index >= 15 is 0 Å². The molecule has 0 saturated heterocycles. The zero-order valence-electron chi connectivity index (χ0n) is 11.0. The van der Waals surface area contributed by atoms with Crippen molar-refractivity contribution in [3.63, 3.8) is 0 Å². The summed E-state index contributed by atoms with van der Waals surface area (Å²) in [4.78, 5) is 0. The van der Waals surface area contributed by atoms with Gasteiger partial charge in [0.05, 0.1) is 6.61 Å². The van der Waals surface area contributed by atoms with Gasteiger partial charge in [0.1, 0.15) is 0 Å². The van der Waals surface area contributed by atoms with Crippen molar-refractivity contribution in [3.8, 4) is 0 Å². The lowest BCUT2D eigenvalue weighted by atomic mass is 10.0. The van der Waals surface area contributed by atoms with Crippen molar-refractivity contribution in [1.82, 2.24) is 0 Å². The van der Waals surface area contributed by atoms with Crippen molar-refractivity contribution in [2.45, 2.75) is 53.7 Å². The van der Waals surface area contributed by atoms with Crippen molar-refractivity contribution in [1.29, 1.82) is 0 Å². The first-order valence-electron chi connectivity index (χ1n) is 6.32. The SMILES string of the molecule is CCCOC[n+]1cc(C)c(CC)c(CC)c1. The fraction of sp³-hybridized carbons (Fsp3) is 0.643. The van der Waals surface area contributed by atoms with E-state index in [2.05, 4.69) is 44.7 Å². The maximum atomic E-state index is 5.56. The maximum Gasteiger partial charge on any atom is 0.252 e. The molecule has 0 aliphatic heterocycles. The molecule has 0 aromatic carbocycles. The van der Waals surface area contributed by atoms with Gasteiger partial charge in [0.2, 0.25) is 0 Å². The molecular formula is C14H24NO+. The van der Waals surface area contributed by atoms with Gasteiger partial charge in [0, 0.05) is 11.1 Å². The summed E-state index contributed by atoms with van der Waals surface area (Å²) < 4.78 is 7.72. The highest BCUT2D eigenvalue weighted by molar-refractivity contribution is 5.28. The number of aromatic nitrogens is 1. The van der Waals surface area contributed by atoms with E-state index < -0.39 is 0 Å². The van der Waals surface area contributed by atoms with Gasteiger partial charge in [-0.25, -0.2) is 0 Å². The van der Waals surface area contributed by atoms with Crippen LogP contribution in [0, 0.1) is 6.92 Å². The van der Waals surface area contributed by atoms with E-state index in [1.807, 2.05) is 0 Å². The van der Waals surface area contributed by atoms with Gasteiger partial charge in [0.15, 0.2) is 12.4 Å². The third-order valence-electron chi connectivity index (χ3n) is 2.87. The number of aryl methyl sites for hydroxylation is 2. The van der Waals surface area contributed by atoms with Gasteiger partial charge >= 0.3 is 0 Å². The zero-order chi connectivity index (χ0) is 12.0. The topological polar surface area (TPSA) is 13.1 Å². The fourth-order valence-electron chi connectivity index (χ4n) is 2.09. The quantitative estimate of drug-likeness (QED) is 0.533. The molecule has 0 radical (unpaired) electrons. The first-order chi connectivity index (χ1) is 7.72. The Kier molecular flexibility index (Phi) is 5.47. The predicted octanol–water partition coefficient (Wildman–Crippen LogP) is 2.79. The number of hydrogen-bond donors (Lipinski definition) is 0. The highest BCUT2D eigenvalue weighted by atomic mass is 16.5. The van der Waals surface area contributed by atoms with Crippen LogP contribution in [0.4, 0.5) is 0 Å². The molecule has 0 fully saturated rings. The summed E-state index contributed by atoms with van der Waals surface area (Å²) in [6.07, 6.45) is 7.70. The molecule has 0 aliphatic rings. The first kappa shape index (κ1) is 13.2. The average molecular weight is 222 g/mol. The number of pyridine rings is 1. The van der Waals surface area contributed by atoms with Gasteiger partial charge in [-0.1, -0.05) is 20.8 Å². The molecule has 2 heteroatoms. The fourth-order valence-corrected chi connectivity index (χ4v) is 2.09. The third-order valence-corrected chi connectivity index (χ3v) is 2.87. The highest BCUT2D eigenvalue weighted by Crippen LogP contribution is 2.12. The Morgan fingerprint density at radius 1 is 1.12 bits per heavy atom. The van der Waals surface area contributed by atoms with Crippen LogP contribution < -0.4 is 4.57 Å². The van der Waals surface area contributed by atoms with E-state index in [4.69, 9.17) is 4.74 Å². The third kappa shape index (κ3) is 3.31. The van der Waals surface area contributed by atoms with Crippen LogP contribution in [0.15, 0.2) is 12.4 Å². The number of nitrogens with zero attached hydrogens (tertiary/aromatic N) is 1. The Balaban J connectivity index is 2.83. The molecule has 16 heavy (non-hydrogen) atoms. The van der Waals surface area contributed by atoms with E-state index in [-0.39, 0.29) is 0 Å². The zero-order valence-corrected chi connectivity index (χ0v) is 11.0. The molecule has 0 atom stereocenters. The van der Waals surface area contributed by atoms with Gasteiger partial charge in [-0.2, -0.15) is 4.57 Å². The van der Waals surface area contributed by atoms with Gasteiger partial charge in [0.25, 0.3) is 6.73 Å². The van der Waals surface area contributed by atoms with Crippen LogP contribution in [0.5, 0.6) is 0 Å². The number of rotatable bonds is 6. The smallest absolute Gasteiger partial charge is 0.252 e. The summed E-state index contributed by atoms with van der Waals surface area (Å²) >= 11 is 0. The Morgan fingerprint density at radius 3 is 2.44 bits per heavy atom. The summed E-state index contributed by atoms with van der Waals surface area (Å²) in [6.45, 7) is 10.3. The number of hydrogen-bond acceptors (Lipinski definition) is 1.